The first kappa shape index (κ1) is 19.5. The Hall–Kier alpha value is -3.22. The highest BCUT2D eigenvalue weighted by Gasteiger charge is 2.25. The average Bonchev–Trinajstić information content (AvgIpc) is 2.69. The van der Waals surface area contributed by atoms with Gasteiger partial charge in [-0.2, -0.15) is 0 Å². The Morgan fingerprint density at radius 2 is 1.71 bits per heavy atom. The number of ether oxygens (including phenoxy) is 1. The summed E-state index contributed by atoms with van der Waals surface area (Å²) in [7, 11) is 0. The normalized spacial score (nSPS) is 18.9. The minimum atomic E-state index is -0.478. The number of rotatable bonds is 6. The molecule has 1 fully saturated rings. The molecule has 7 nitrogen and oxygen atoms in total. The molecule has 2 aromatic rings. The molecule has 28 heavy (non-hydrogen) atoms. The number of carbonyl (C=O) groups excluding carboxylic acids is 2. The van der Waals surface area contributed by atoms with E-state index in [1.807, 2.05) is 6.07 Å². The Bertz CT molecular complexity index is 874. The fraction of sp³-hybridized carbons (Fsp3) is 0.333. The Morgan fingerprint density at radius 3 is 2.32 bits per heavy atom. The van der Waals surface area contributed by atoms with Crippen LogP contribution in [0.2, 0.25) is 0 Å². The van der Waals surface area contributed by atoms with Gasteiger partial charge < -0.3 is 10.1 Å². The second-order valence-corrected chi connectivity index (χ2v) is 6.91. The van der Waals surface area contributed by atoms with E-state index < -0.39 is 4.92 Å². The van der Waals surface area contributed by atoms with Crippen LogP contribution in [0.15, 0.2) is 48.5 Å². The van der Waals surface area contributed by atoms with E-state index in [-0.39, 0.29) is 35.1 Å². The third kappa shape index (κ3) is 4.73. The van der Waals surface area contributed by atoms with E-state index >= 15 is 0 Å². The van der Waals surface area contributed by atoms with Gasteiger partial charge in [0.25, 0.3) is 5.69 Å². The lowest BCUT2D eigenvalue weighted by atomic mass is 9.92. The summed E-state index contributed by atoms with van der Waals surface area (Å²) in [6.45, 7) is 1.39. The lowest BCUT2D eigenvalue weighted by molar-refractivity contribution is -0.384. The van der Waals surface area contributed by atoms with Gasteiger partial charge in [-0.15, -0.1) is 0 Å². The summed E-state index contributed by atoms with van der Waals surface area (Å²) in [6.07, 6.45) is 2.85. The summed E-state index contributed by atoms with van der Waals surface area (Å²) in [5.74, 6) is -0.539. The van der Waals surface area contributed by atoms with Crippen LogP contribution in [0.4, 0.5) is 11.4 Å². The Balaban J connectivity index is 1.73. The van der Waals surface area contributed by atoms with Gasteiger partial charge in [0.2, 0.25) is 0 Å². The summed E-state index contributed by atoms with van der Waals surface area (Å²) in [6, 6.07) is 13.3. The van der Waals surface area contributed by atoms with Gasteiger partial charge in [0.1, 0.15) is 11.8 Å². The molecule has 1 aliphatic rings. The topological polar surface area (TPSA) is 98.5 Å². The molecule has 0 saturated heterocycles. The van der Waals surface area contributed by atoms with Crippen molar-refractivity contribution in [1.82, 2.24) is 0 Å². The maximum Gasteiger partial charge on any atom is 0.302 e. The summed E-state index contributed by atoms with van der Waals surface area (Å²) >= 11 is 0. The fourth-order valence-corrected chi connectivity index (χ4v) is 3.48. The quantitative estimate of drug-likeness (QED) is 0.349. The summed E-state index contributed by atoms with van der Waals surface area (Å²) < 4.78 is 5.22. The minimum Gasteiger partial charge on any atom is -0.463 e. The van der Waals surface area contributed by atoms with E-state index in [1.165, 1.54) is 13.0 Å². The molecule has 0 atom stereocenters. The van der Waals surface area contributed by atoms with E-state index in [0.717, 1.165) is 25.7 Å². The lowest BCUT2D eigenvalue weighted by Gasteiger charge is -2.29. The van der Waals surface area contributed by atoms with Crippen molar-refractivity contribution in [3.8, 4) is 0 Å². The predicted molar refractivity (Wildman–Crippen MR) is 104 cm³/mol. The molecule has 0 heterocycles. The largest absolute Gasteiger partial charge is 0.463 e. The molecule has 0 unspecified atom stereocenters. The third-order valence-corrected chi connectivity index (χ3v) is 4.86. The predicted octanol–water partition coefficient (Wildman–Crippen LogP) is 4.11. The first-order chi connectivity index (χ1) is 13.4. The van der Waals surface area contributed by atoms with Gasteiger partial charge in [-0.25, -0.2) is 0 Å². The number of esters is 1. The van der Waals surface area contributed by atoms with E-state index in [2.05, 4.69) is 5.32 Å². The molecule has 1 N–H and O–H groups in total. The van der Waals surface area contributed by atoms with Crippen molar-refractivity contribution >= 4 is 23.1 Å². The number of benzene rings is 2. The van der Waals surface area contributed by atoms with Crippen LogP contribution in [0.3, 0.4) is 0 Å². The molecule has 0 amide bonds. The molecule has 0 aliphatic heterocycles. The third-order valence-electron chi connectivity index (χ3n) is 4.86. The Morgan fingerprint density at radius 1 is 1.04 bits per heavy atom. The van der Waals surface area contributed by atoms with Crippen molar-refractivity contribution in [2.45, 2.75) is 44.8 Å². The van der Waals surface area contributed by atoms with Crippen LogP contribution in [-0.2, 0) is 9.53 Å². The van der Waals surface area contributed by atoms with Crippen molar-refractivity contribution < 1.29 is 19.2 Å². The number of carbonyl (C=O) groups is 2. The second-order valence-electron chi connectivity index (χ2n) is 6.91. The van der Waals surface area contributed by atoms with Gasteiger partial charge >= 0.3 is 5.97 Å². The number of ketones is 1. The van der Waals surface area contributed by atoms with Crippen molar-refractivity contribution in [2.75, 3.05) is 5.32 Å². The molecule has 2 aromatic carbocycles. The van der Waals surface area contributed by atoms with Crippen LogP contribution in [0.25, 0.3) is 0 Å². The number of nitro groups is 1. The molecule has 1 aliphatic carbocycles. The zero-order chi connectivity index (χ0) is 20.1. The number of nitro benzene ring substituents is 1. The maximum atomic E-state index is 12.6. The van der Waals surface area contributed by atoms with Gasteiger partial charge in [-0.1, -0.05) is 30.3 Å². The number of nitrogens with zero attached hydrogens (tertiary/aromatic N) is 1. The Kier molecular flexibility index (Phi) is 6.03. The van der Waals surface area contributed by atoms with Gasteiger partial charge in [0, 0.05) is 30.2 Å². The number of anilines is 1. The number of nitrogens with one attached hydrogen (secondary N) is 1. The zero-order valence-electron chi connectivity index (χ0n) is 15.6. The number of hydrogen-bond acceptors (Lipinski definition) is 6. The highest BCUT2D eigenvalue weighted by molar-refractivity contribution is 6.09. The van der Waals surface area contributed by atoms with E-state index in [9.17, 15) is 19.7 Å². The maximum absolute atomic E-state index is 12.6. The lowest BCUT2D eigenvalue weighted by Crippen LogP contribution is -2.30. The van der Waals surface area contributed by atoms with Gasteiger partial charge in [0.05, 0.1) is 4.92 Å². The Labute approximate surface area is 162 Å². The minimum absolute atomic E-state index is 0.0567. The zero-order valence-corrected chi connectivity index (χ0v) is 15.6. The molecule has 3 rings (SSSR count). The highest BCUT2D eigenvalue weighted by Crippen LogP contribution is 2.30. The fourth-order valence-electron chi connectivity index (χ4n) is 3.48. The summed E-state index contributed by atoms with van der Waals surface area (Å²) in [5.41, 5.74) is 1.04. The van der Waals surface area contributed by atoms with Crippen LogP contribution < -0.4 is 5.32 Å². The monoisotopic (exact) mass is 382 g/mol. The average molecular weight is 382 g/mol. The van der Waals surface area contributed by atoms with E-state index in [1.54, 1.807) is 36.4 Å². The molecule has 0 bridgehead atoms. The molecular formula is C21H22N2O5. The number of hydrogen-bond donors (Lipinski definition) is 1. The van der Waals surface area contributed by atoms with Crippen LogP contribution in [-0.4, -0.2) is 28.8 Å². The summed E-state index contributed by atoms with van der Waals surface area (Å²) in [4.78, 5) is 34.7. The van der Waals surface area contributed by atoms with Crippen molar-refractivity contribution in [3.05, 3.63) is 69.8 Å². The van der Waals surface area contributed by atoms with Gasteiger partial charge in [-0.05, 0) is 37.8 Å². The first-order valence-corrected chi connectivity index (χ1v) is 9.26. The smallest absolute Gasteiger partial charge is 0.302 e. The molecule has 0 spiro atoms. The molecule has 146 valence electrons. The standard InChI is InChI=1S/C21H22N2O5/c1-14(24)28-18-10-8-17(9-11-18)22-19-12-7-16(13-20(19)23(26)27)21(25)15-5-3-2-4-6-15/h2-7,12-13,17-18,22H,8-11H2,1H3. The van der Waals surface area contributed by atoms with Crippen LogP contribution >= 0.6 is 0 Å². The second kappa shape index (κ2) is 8.65. The highest BCUT2D eigenvalue weighted by atomic mass is 16.6. The van der Waals surface area contributed by atoms with E-state index in [4.69, 9.17) is 4.74 Å². The first-order valence-electron chi connectivity index (χ1n) is 9.26. The summed E-state index contributed by atoms with van der Waals surface area (Å²) in [5, 5.41) is 14.8. The van der Waals surface area contributed by atoms with Gasteiger partial charge in [0.15, 0.2) is 5.78 Å². The van der Waals surface area contributed by atoms with Crippen LogP contribution in [0.5, 0.6) is 0 Å². The molecule has 0 radical (unpaired) electrons. The SMILES string of the molecule is CC(=O)OC1CCC(Nc2ccc(C(=O)c3ccccc3)cc2[N+](=O)[O-])CC1. The van der Waals surface area contributed by atoms with Crippen molar-refractivity contribution in [2.24, 2.45) is 0 Å². The van der Waals surface area contributed by atoms with Crippen molar-refractivity contribution in [3.63, 3.8) is 0 Å². The van der Waals surface area contributed by atoms with Crippen LogP contribution in [0.1, 0.15) is 48.5 Å². The molecular weight excluding hydrogens is 360 g/mol. The van der Waals surface area contributed by atoms with E-state index in [0.29, 0.717) is 11.3 Å². The molecule has 1 saturated carbocycles. The molecule has 0 aromatic heterocycles. The van der Waals surface area contributed by atoms with Gasteiger partial charge in [-0.3, -0.25) is 19.7 Å². The van der Waals surface area contributed by atoms with Crippen molar-refractivity contribution in [1.29, 1.82) is 0 Å². The molecule has 7 heteroatoms. The van der Waals surface area contributed by atoms with Crippen LogP contribution in [0, 0.1) is 10.1 Å².